The summed E-state index contributed by atoms with van der Waals surface area (Å²) >= 11 is 5.77. The monoisotopic (exact) mass is 187 g/mol. The fourth-order valence-electron chi connectivity index (χ4n) is 0.700. The summed E-state index contributed by atoms with van der Waals surface area (Å²) in [5.74, 6) is 0.590. The fraction of sp³-hybridized carbons (Fsp3) is 0.444. The lowest BCUT2D eigenvalue weighted by molar-refractivity contribution is 0.394. The molecule has 0 N–H and O–H groups in total. The van der Waals surface area contributed by atoms with Gasteiger partial charge in [0.25, 0.3) is 0 Å². The third-order valence-corrected chi connectivity index (χ3v) is 1.69. The smallest absolute Gasteiger partial charge is 0.217 e. The van der Waals surface area contributed by atoms with Crippen LogP contribution in [0.5, 0.6) is 5.88 Å². The highest BCUT2D eigenvalue weighted by molar-refractivity contribution is 6.31. The number of methoxy groups -OCH3 is 1. The molecule has 0 amide bonds. The van der Waals surface area contributed by atoms with E-state index in [1.807, 2.05) is 20.8 Å². The molecular formula is C9H14ClNO. The molecule has 0 spiro atoms. The van der Waals surface area contributed by atoms with Crippen molar-refractivity contribution in [2.45, 2.75) is 20.8 Å². The average molecular weight is 188 g/mol. The number of ether oxygens (including phenoxy) is 1. The first-order valence-electron chi connectivity index (χ1n) is 3.91. The van der Waals surface area contributed by atoms with Crippen LogP contribution in [0.1, 0.15) is 19.4 Å². The van der Waals surface area contributed by atoms with Gasteiger partial charge in [0.05, 0.1) is 12.1 Å². The zero-order valence-corrected chi connectivity index (χ0v) is 8.64. The van der Waals surface area contributed by atoms with Crippen molar-refractivity contribution in [3.63, 3.8) is 0 Å². The zero-order valence-electron chi connectivity index (χ0n) is 7.89. The van der Waals surface area contributed by atoms with Crippen LogP contribution >= 0.6 is 11.6 Å². The van der Waals surface area contributed by atoms with Crippen molar-refractivity contribution in [3.05, 3.63) is 22.8 Å². The highest BCUT2D eigenvalue weighted by atomic mass is 35.5. The van der Waals surface area contributed by atoms with Crippen LogP contribution in [0.25, 0.3) is 0 Å². The lowest BCUT2D eigenvalue weighted by Gasteiger charge is -2.02. The van der Waals surface area contributed by atoms with E-state index in [1.165, 1.54) is 0 Å². The molecule has 12 heavy (non-hydrogen) atoms. The highest BCUT2D eigenvalue weighted by Gasteiger charge is 2.00. The molecule has 1 rings (SSSR count). The van der Waals surface area contributed by atoms with Crippen molar-refractivity contribution < 1.29 is 4.74 Å². The molecule has 0 aliphatic rings. The maximum Gasteiger partial charge on any atom is 0.217 e. The van der Waals surface area contributed by atoms with E-state index in [0.717, 1.165) is 5.56 Å². The van der Waals surface area contributed by atoms with E-state index in [-0.39, 0.29) is 0 Å². The van der Waals surface area contributed by atoms with Crippen molar-refractivity contribution in [2.24, 2.45) is 0 Å². The molecule has 2 nitrogen and oxygen atoms in total. The second-order valence-corrected chi connectivity index (χ2v) is 2.33. The van der Waals surface area contributed by atoms with Crippen LogP contribution in [0.2, 0.25) is 5.02 Å². The normalized spacial score (nSPS) is 8.42. The predicted octanol–water partition coefficient (Wildman–Crippen LogP) is 3.08. The standard InChI is InChI=1S/C7H8ClNO.C2H6/c1-5-6(8)3-4-9-7(5)10-2;1-2/h3-4H,1-2H3;1-2H3. The van der Waals surface area contributed by atoms with Gasteiger partial charge in [-0.25, -0.2) is 4.98 Å². The number of hydrogen-bond acceptors (Lipinski definition) is 2. The first-order chi connectivity index (χ1) is 5.75. The van der Waals surface area contributed by atoms with Crippen molar-refractivity contribution in [1.82, 2.24) is 4.98 Å². The number of aromatic nitrogens is 1. The Balaban J connectivity index is 0.000000561. The zero-order chi connectivity index (χ0) is 9.56. The van der Waals surface area contributed by atoms with Crippen molar-refractivity contribution in [2.75, 3.05) is 7.11 Å². The summed E-state index contributed by atoms with van der Waals surface area (Å²) in [6.45, 7) is 5.87. The minimum absolute atomic E-state index is 0.590. The Morgan fingerprint density at radius 2 is 2.00 bits per heavy atom. The van der Waals surface area contributed by atoms with Crippen molar-refractivity contribution in [1.29, 1.82) is 0 Å². The summed E-state index contributed by atoms with van der Waals surface area (Å²) in [6.07, 6.45) is 1.62. The van der Waals surface area contributed by atoms with Crippen molar-refractivity contribution >= 4 is 11.6 Å². The molecule has 68 valence electrons. The van der Waals surface area contributed by atoms with E-state index in [4.69, 9.17) is 16.3 Å². The molecule has 3 heteroatoms. The average Bonchev–Trinajstić information content (AvgIpc) is 2.13. The van der Waals surface area contributed by atoms with Gasteiger partial charge in [-0.2, -0.15) is 0 Å². The molecule has 0 aliphatic heterocycles. The quantitative estimate of drug-likeness (QED) is 0.674. The Morgan fingerprint density at radius 3 is 2.42 bits per heavy atom. The SMILES string of the molecule is CC.COc1nccc(Cl)c1C. The third kappa shape index (κ3) is 2.70. The van der Waals surface area contributed by atoms with Gasteiger partial charge in [-0.3, -0.25) is 0 Å². The number of hydrogen-bond donors (Lipinski definition) is 0. The molecule has 0 radical (unpaired) electrons. The summed E-state index contributed by atoms with van der Waals surface area (Å²) in [7, 11) is 1.58. The van der Waals surface area contributed by atoms with E-state index in [9.17, 15) is 0 Å². The lowest BCUT2D eigenvalue weighted by atomic mass is 10.3. The van der Waals surface area contributed by atoms with Crippen LogP contribution in [0, 0.1) is 6.92 Å². The van der Waals surface area contributed by atoms with Gasteiger partial charge in [-0.05, 0) is 13.0 Å². The fourth-order valence-corrected chi connectivity index (χ4v) is 0.837. The van der Waals surface area contributed by atoms with Gasteiger partial charge in [-0.1, -0.05) is 25.4 Å². The highest BCUT2D eigenvalue weighted by Crippen LogP contribution is 2.21. The molecule has 1 aromatic rings. The molecule has 0 saturated heterocycles. The van der Waals surface area contributed by atoms with Crippen LogP contribution in [-0.4, -0.2) is 12.1 Å². The van der Waals surface area contributed by atoms with E-state index >= 15 is 0 Å². The van der Waals surface area contributed by atoms with Gasteiger partial charge in [0, 0.05) is 11.8 Å². The van der Waals surface area contributed by atoms with Gasteiger partial charge in [-0.15, -0.1) is 0 Å². The Hall–Kier alpha value is -0.760. The number of pyridine rings is 1. The Labute approximate surface area is 78.5 Å². The maximum atomic E-state index is 5.77. The van der Waals surface area contributed by atoms with Crippen molar-refractivity contribution in [3.8, 4) is 5.88 Å². The first-order valence-corrected chi connectivity index (χ1v) is 4.28. The summed E-state index contributed by atoms with van der Waals surface area (Å²) in [6, 6.07) is 1.74. The molecule has 1 heterocycles. The van der Waals surface area contributed by atoms with Crippen LogP contribution in [0.15, 0.2) is 12.3 Å². The van der Waals surface area contributed by atoms with Gasteiger partial charge in [0.2, 0.25) is 5.88 Å². The number of nitrogens with zero attached hydrogens (tertiary/aromatic N) is 1. The third-order valence-electron chi connectivity index (χ3n) is 1.29. The molecule has 0 aromatic carbocycles. The lowest BCUT2D eigenvalue weighted by Crippen LogP contribution is -1.90. The Bertz CT molecular complexity index is 238. The van der Waals surface area contributed by atoms with E-state index < -0.39 is 0 Å². The number of halogens is 1. The molecule has 0 bridgehead atoms. The minimum Gasteiger partial charge on any atom is -0.481 e. The largest absolute Gasteiger partial charge is 0.481 e. The molecule has 0 saturated carbocycles. The molecular weight excluding hydrogens is 174 g/mol. The minimum atomic E-state index is 0.590. The Kier molecular flexibility index (Phi) is 5.47. The van der Waals surface area contributed by atoms with Gasteiger partial charge < -0.3 is 4.74 Å². The summed E-state index contributed by atoms with van der Waals surface area (Å²) in [5, 5.41) is 0.687. The molecule has 0 aliphatic carbocycles. The van der Waals surface area contributed by atoms with E-state index in [2.05, 4.69) is 4.98 Å². The van der Waals surface area contributed by atoms with Crippen LogP contribution < -0.4 is 4.74 Å². The van der Waals surface area contributed by atoms with Gasteiger partial charge in [0.15, 0.2) is 0 Å². The van der Waals surface area contributed by atoms with Crippen LogP contribution in [0.4, 0.5) is 0 Å². The molecule has 0 unspecified atom stereocenters. The first kappa shape index (κ1) is 11.2. The van der Waals surface area contributed by atoms with E-state index in [0.29, 0.717) is 10.9 Å². The van der Waals surface area contributed by atoms with Gasteiger partial charge >= 0.3 is 0 Å². The second kappa shape index (κ2) is 5.84. The maximum absolute atomic E-state index is 5.77. The summed E-state index contributed by atoms with van der Waals surface area (Å²) < 4.78 is 4.93. The molecule has 0 atom stereocenters. The topological polar surface area (TPSA) is 22.1 Å². The molecule has 1 aromatic heterocycles. The van der Waals surface area contributed by atoms with E-state index in [1.54, 1.807) is 19.4 Å². The van der Waals surface area contributed by atoms with Gasteiger partial charge in [0.1, 0.15) is 0 Å². The number of rotatable bonds is 1. The van der Waals surface area contributed by atoms with Crippen LogP contribution in [0.3, 0.4) is 0 Å². The second-order valence-electron chi connectivity index (χ2n) is 1.93. The predicted molar refractivity (Wildman–Crippen MR) is 51.9 cm³/mol. The Morgan fingerprint density at radius 1 is 1.42 bits per heavy atom. The molecule has 0 fully saturated rings. The summed E-state index contributed by atoms with van der Waals surface area (Å²) in [5.41, 5.74) is 0.881. The summed E-state index contributed by atoms with van der Waals surface area (Å²) in [4.78, 5) is 3.95. The van der Waals surface area contributed by atoms with Crippen LogP contribution in [-0.2, 0) is 0 Å².